The Hall–Kier alpha value is -1.25. The zero-order valence-electron chi connectivity index (χ0n) is 9.85. The Balaban J connectivity index is 2.05. The summed E-state index contributed by atoms with van der Waals surface area (Å²) in [7, 11) is 0. The molecule has 9 heteroatoms. The summed E-state index contributed by atoms with van der Waals surface area (Å²) in [6.45, 7) is -0.222. The number of hydrogen-bond donors (Lipinski definition) is 4. The van der Waals surface area contributed by atoms with E-state index in [-0.39, 0.29) is 12.6 Å². The first-order valence-electron chi connectivity index (χ1n) is 5.77. The Morgan fingerprint density at radius 2 is 2.42 bits per heavy atom. The third kappa shape index (κ3) is 2.09. The molecule has 19 heavy (non-hydrogen) atoms. The van der Waals surface area contributed by atoms with Gasteiger partial charge in [0.1, 0.15) is 0 Å². The van der Waals surface area contributed by atoms with Gasteiger partial charge in [-0.05, 0) is 0 Å². The molecule has 0 amide bonds. The number of nitrogens with zero attached hydrogens (tertiary/aromatic N) is 3. The molecule has 102 valence electrons. The number of fused-ring (bicyclic) bond motifs is 1. The van der Waals surface area contributed by atoms with E-state index >= 15 is 0 Å². The molecule has 0 spiro atoms. The summed E-state index contributed by atoms with van der Waals surface area (Å²) >= 11 is 2.84. The van der Waals surface area contributed by atoms with Gasteiger partial charge in [-0.2, -0.15) is 0 Å². The fourth-order valence-corrected chi connectivity index (χ4v) is 2.73. The molecule has 1 saturated heterocycles. The van der Waals surface area contributed by atoms with E-state index in [2.05, 4.69) is 30.5 Å². The van der Waals surface area contributed by atoms with Crippen molar-refractivity contribution in [2.24, 2.45) is 0 Å². The zero-order valence-corrected chi connectivity index (χ0v) is 11.6. The van der Waals surface area contributed by atoms with E-state index in [9.17, 15) is 5.11 Å². The van der Waals surface area contributed by atoms with Gasteiger partial charge in [0.05, 0.1) is 0 Å². The van der Waals surface area contributed by atoms with E-state index in [1.54, 1.807) is 10.9 Å². The van der Waals surface area contributed by atoms with Gasteiger partial charge < -0.3 is 0 Å². The summed E-state index contributed by atoms with van der Waals surface area (Å²) in [5.41, 5.74) is 6.90. The van der Waals surface area contributed by atoms with Gasteiger partial charge in [0, 0.05) is 0 Å². The number of aliphatic hydroxyl groups excluding tert-OH is 2. The van der Waals surface area contributed by atoms with Crippen LogP contribution in [0.2, 0.25) is 0 Å². The fourth-order valence-electron chi connectivity index (χ4n) is 2.20. The molecule has 0 saturated carbocycles. The van der Waals surface area contributed by atoms with Crippen molar-refractivity contribution >= 4 is 32.7 Å². The van der Waals surface area contributed by atoms with Crippen LogP contribution >= 0.6 is 0 Å². The predicted molar refractivity (Wildman–Crippen MR) is 66.9 cm³/mol. The Bertz CT molecular complexity index is 669. The van der Waals surface area contributed by atoms with Gasteiger partial charge in [-0.1, -0.05) is 0 Å². The quantitative estimate of drug-likeness (QED) is 0.507. The minimum absolute atomic E-state index is 0.222. The Morgan fingerprint density at radius 1 is 1.63 bits per heavy atom. The Kier molecular flexibility index (Phi) is 3.15. The van der Waals surface area contributed by atoms with Crippen LogP contribution in [0.3, 0.4) is 0 Å². The summed E-state index contributed by atoms with van der Waals surface area (Å²) < 4.78 is 7.98. The summed E-state index contributed by atoms with van der Waals surface area (Å²) in [6.07, 6.45) is 0.268. The molecule has 5 N–H and O–H groups in total. The van der Waals surface area contributed by atoms with Crippen LogP contribution in [0.1, 0.15) is 12.6 Å². The fraction of sp³-hybridized carbons (Fsp3) is 0.500. The van der Waals surface area contributed by atoms with Crippen molar-refractivity contribution < 1.29 is 14.9 Å². The molecule has 1 fully saturated rings. The average Bonchev–Trinajstić information content (AvgIpc) is 2.92. The van der Waals surface area contributed by atoms with Crippen LogP contribution in [0.25, 0.3) is 11.2 Å². The average molecular weight is 330 g/mol. The Morgan fingerprint density at radius 3 is 3.11 bits per heavy atom. The second-order valence-electron chi connectivity index (χ2n) is 4.39. The number of imidazole rings is 1. The van der Waals surface area contributed by atoms with Crippen LogP contribution in [0.15, 0.2) is 6.33 Å². The molecular formula is C10H13N5O3Se. The maximum atomic E-state index is 9.76. The molecule has 0 aliphatic carbocycles. The molecule has 0 aromatic carbocycles. The van der Waals surface area contributed by atoms with Crippen molar-refractivity contribution in [2.75, 3.05) is 12.3 Å². The third-order valence-electron chi connectivity index (χ3n) is 3.15. The number of nitrogens with one attached hydrogen (secondary N) is 1. The molecule has 3 rings (SSSR count). The number of nitrogens with two attached hydrogens (primary N) is 1. The SMILES string of the molecule is Nc1nc2c(ncn2[C@H]2CC(O)[C@@H](CO)O2)c(=[Se])[nH]1. The molecule has 1 aliphatic rings. The summed E-state index contributed by atoms with van der Waals surface area (Å²) in [5, 5.41) is 18.9. The van der Waals surface area contributed by atoms with Gasteiger partial charge in [-0.3, -0.25) is 0 Å². The molecular weight excluding hydrogens is 317 g/mol. The second-order valence-corrected chi connectivity index (χ2v) is 5.25. The molecule has 1 aliphatic heterocycles. The number of aromatic amines is 1. The summed E-state index contributed by atoms with van der Waals surface area (Å²) in [4.78, 5) is 11.3. The molecule has 2 aromatic heterocycles. The first-order valence-corrected chi connectivity index (χ1v) is 6.62. The summed E-state index contributed by atoms with van der Waals surface area (Å²) in [6, 6.07) is 0. The second kappa shape index (κ2) is 4.69. The molecule has 0 radical (unpaired) electrons. The van der Waals surface area contributed by atoms with E-state index in [0.717, 1.165) is 0 Å². The first kappa shape index (κ1) is 12.8. The molecule has 2 aromatic rings. The number of aromatic nitrogens is 4. The van der Waals surface area contributed by atoms with Gasteiger partial charge in [-0.15, -0.1) is 0 Å². The van der Waals surface area contributed by atoms with Crippen LogP contribution in [0.5, 0.6) is 0 Å². The number of H-pyrrole nitrogens is 1. The number of rotatable bonds is 2. The van der Waals surface area contributed by atoms with Crippen LogP contribution in [-0.4, -0.2) is 64.1 Å². The number of anilines is 1. The standard InChI is InChI=1S/C10H13N5O3Se/c11-10-13-8-7(9(19)14-10)12-3-15(8)6-1-4(17)5(2-16)18-6/h3-6,16-17H,1-2H2,(H3,11,13,14,19)/t4?,5-,6-/m1/s1. The van der Waals surface area contributed by atoms with Crippen LogP contribution in [0.4, 0.5) is 5.95 Å². The van der Waals surface area contributed by atoms with Crippen LogP contribution < -0.4 is 5.73 Å². The van der Waals surface area contributed by atoms with Crippen molar-refractivity contribution in [1.82, 2.24) is 19.5 Å². The number of hydrogen-bond acceptors (Lipinski definition) is 6. The van der Waals surface area contributed by atoms with Crippen molar-refractivity contribution in [3.05, 3.63) is 10.5 Å². The van der Waals surface area contributed by atoms with Gasteiger partial charge in [-0.25, -0.2) is 0 Å². The predicted octanol–water partition coefficient (Wildman–Crippen LogP) is -1.32. The third-order valence-corrected chi connectivity index (χ3v) is 3.76. The molecule has 0 bridgehead atoms. The van der Waals surface area contributed by atoms with Crippen molar-refractivity contribution in [2.45, 2.75) is 24.9 Å². The first-order chi connectivity index (χ1) is 9.10. The maximum absolute atomic E-state index is 9.76. The van der Waals surface area contributed by atoms with Crippen LogP contribution in [0, 0.1) is 4.19 Å². The number of ether oxygens (including phenoxy) is 1. The van der Waals surface area contributed by atoms with Gasteiger partial charge in [0.2, 0.25) is 0 Å². The van der Waals surface area contributed by atoms with Crippen molar-refractivity contribution in [3.8, 4) is 0 Å². The van der Waals surface area contributed by atoms with E-state index in [1.807, 2.05) is 0 Å². The van der Waals surface area contributed by atoms with Gasteiger partial charge >= 0.3 is 115 Å². The van der Waals surface area contributed by atoms with Crippen LogP contribution in [-0.2, 0) is 4.74 Å². The minimum atomic E-state index is -0.701. The van der Waals surface area contributed by atoms with E-state index in [1.165, 1.54) is 0 Å². The number of nitrogen functional groups attached to an aromatic ring is 1. The number of aliphatic hydroxyl groups is 2. The van der Waals surface area contributed by atoms with Gasteiger partial charge in [0.25, 0.3) is 0 Å². The topological polar surface area (TPSA) is 122 Å². The molecule has 1 unspecified atom stereocenters. The molecule has 3 heterocycles. The monoisotopic (exact) mass is 331 g/mol. The van der Waals surface area contributed by atoms with E-state index in [4.69, 9.17) is 15.6 Å². The van der Waals surface area contributed by atoms with E-state index in [0.29, 0.717) is 21.8 Å². The van der Waals surface area contributed by atoms with Crippen molar-refractivity contribution in [1.29, 1.82) is 0 Å². The normalized spacial score (nSPS) is 27.2. The summed E-state index contributed by atoms with van der Waals surface area (Å²) in [5.74, 6) is 0.264. The van der Waals surface area contributed by atoms with E-state index < -0.39 is 18.4 Å². The van der Waals surface area contributed by atoms with Crippen molar-refractivity contribution in [3.63, 3.8) is 0 Å². The Labute approximate surface area is 115 Å². The molecule has 8 nitrogen and oxygen atoms in total. The zero-order chi connectivity index (χ0) is 13.6. The molecule has 3 atom stereocenters. The van der Waals surface area contributed by atoms with Gasteiger partial charge in [0.15, 0.2) is 0 Å².